The quantitative estimate of drug-likeness (QED) is 0.350. The van der Waals surface area contributed by atoms with Crippen LogP contribution in [-0.4, -0.2) is 59.1 Å². The highest BCUT2D eigenvalue weighted by Gasteiger charge is 2.20. The van der Waals surface area contributed by atoms with Gasteiger partial charge in [0.15, 0.2) is 11.5 Å². The largest absolute Gasteiger partial charge is 0.504 e. The summed E-state index contributed by atoms with van der Waals surface area (Å²) in [6.45, 7) is 6.11. The fraction of sp³-hybridized carbons (Fsp3) is 0.545. The molecule has 3 heterocycles. The number of hydrogen-bond donors (Lipinski definition) is 2. The summed E-state index contributed by atoms with van der Waals surface area (Å²) in [6.07, 6.45) is 8.58. The van der Waals surface area contributed by atoms with E-state index in [0.29, 0.717) is 40.2 Å². The highest BCUT2D eigenvalue weighted by atomic mass is 79.9. The molecule has 2 aromatic rings. The van der Waals surface area contributed by atoms with Crippen molar-refractivity contribution < 1.29 is 9.84 Å². The third kappa shape index (κ3) is 5.87. The van der Waals surface area contributed by atoms with E-state index in [1.807, 2.05) is 6.92 Å². The molecule has 2 N–H and O–H groups in total. The normalized spacial score (nSPS) is 16.9. The van der Waals surface area contributed by atoms with E-state index in [1.54, 1.807) is 6.07 Å². The van der Waals surface area contributed by atoms with Gasteiger partial charge >= 0.3 is 0 Å². The molecule has 1 aromatic carbocycles. The van der Waals surface area contributed by atoms with Gasteiger partial charge < -0.3 is 19.6 Å². The number of hydrogen-bond acceptors (Lipinski definition) is 9. The van der Waals surface area contributed by atoms with Gasteiger partial charge in [0.2, 0.25) is 17.8 Å². The molecule has 0 saturated carbocycles. The molecule has 4 rings (SSSR count). The Bertz CT molecular complexity index is 957. The van der Waals surface area contributed by atoms with Crippen molar-refractivity contribution in [1.29, 1.82) is 0 Å². The molecule has 0 spiro atoms. The number of aromatic nitrogens is 3. The summed E-state index contributed by atoms with van der Waals surface area (Å²) >= 11 is 6.98. The first-order valence-corrected chi connectivity index (χ1v) is 13.0. The number of hydrazone groups is 1. The van der Waals surface area contributed by atoms with Crippen molar-refractivity contribution in [2.24, 2.45) is 5.10 Å². The highest BCUT2D eigenvalue weighted by molar-refractivity contribution is 9.13. The van der Waals surface area contributed by atoms with Gasteiger partial charge in [0.05, 0.1) is 18.4 Å². The van der Waals surface area contributed by atoms with Crippen LogP contribution in [0.1, 0.15) is 51.0 Å². The molecular weight excluding hydrogens is 554 g/mol. The van der Waals surface area contributed by atoms with E-state index >= 15 is 0 Å². The summed E-state index contributed by atoms with van der Waals surface area (Å²) in [4.78, 5) is 18.5. The Balaban J connectivity index is 1.60. The minimum atomic E-state index is 0.0103. The fourth-order valence-electron chi connectivity index (χ4n) is 4.02. The van der Waals surface area contributed by atoms with Crippen LogP contribution in [0, 0.1) is 0 Å². The first kappa shape index (κ1) is 24.0. The Hall–Kier alpha value is -2.14. The number of benzene rings is 1. The zero-order valence-corrected chi connectivity index (χ0v) is 21.9. The standard InChI is InChI=1S/C22H29Br2N7O2/c1-2-33-17-13-16(23)18(24)15(19(17)32)14-25-29-20-26-21(30-9-5-3-6-10-30)28-22(27-20)31-11-7-4-8-12-31/h13-14,32H,2-12H2,1H3,(H,26,27,28,29). The number of phenols is 1. The molecule has 11 heteroatoms. The number of nitrogens with one attached hydrogen (secondary N) is 1. The van der Waals surface area contributed by atoms with Gasteiger partial charge in [0.25, 0.3) is 0 Å². The molecule has 0 unspecified atom stereocenters. The van der Waals surface area contributed by atoms with Gasteiger partial charge in [-0.25, -0.2) is 5.43 Å². The van der Waals surface area contributed by atoms with Crippen molar-refractivity contribution in [3.8, 4) is 11.5 Å². The Kier molecular flexibility index (Phi) is 8.24. The van der Waals surface area contributed by atoms with Crippen LogP contribution in [-0.2, 0) is 0 Å². The van der Waals surface area contributed by atoms with Crippen molar-refractivity contribution in [2.75, 3.05) is 48.0 Å². The third-order valence-corrected chi connectivity index (χ3v) is 7.75. The molecule has 9 nitrogen and oxygen atoms in total. The molecule has 2 fully saturated rings. The van der Waals surface area contributed by atoms with E-state index in [-0.39, 0.29) is 5.75 Å². The number of nitrogens with zero attached hydrogens (tertiary/aromatic N) is 6. The first-order chi connectivity index (χ1) is 16.1. The van der Waals surface area contributed by atoms with Crippen LogP contribution >= 0.6 is 31.9 Å². The van der Waals surface area contributed by atoms with Crippen LogP contribution in [0.25, 0.3) is 0 Å². The van der Waals surface area contributed by atoms with Gasteiger partial charge in [-0.3, -0.25) is 0 Å². The van der Waals surface area contributed by atoms with Crippen molar-refractivity contribution in [3.05, 3.63) is 20.6 Å². The predicted octanol–water partition coefficient (Wildman–Crippen LogP) is 4.93. The highest BCUT2D eigenvalue weighted by Crippen LogP contribution is 2.39. The van der Waals surface area contributed by atoms with Crippen LogP contribution in [0.15, 0.2) is 20.1 Å². The van der Waals surface area contributed by atoms with Crippen molar-refractivity contribution >= 4 is 55.9 Å². The van der Waals surface area contributed by atoms with Crippen molar-refractivity contribution in [3.63, 3.8) is 0 Å². The van der Waals surface area contributed by atoms with Crippen LogP contribution in [0.4, 0.5) is 17.8 Å². The zero-order chi connectivity index (χ0) is 23.2. The smallest absolute Gasteiger partial charge is 0.250 e. The van der Waals surface area contributed by atoms with Gasteiger partial charge in [0.1, 0.15) is 0 Å². The molecule has 0 bridgehead atoms. The number of anilines is 3. The minimum Gasteiger partial charge on any atom is -0.504 e. The zero-order valence-electron chi connectivity index (χ0n) is 18.7. The molecule has 0 amide bonds. The average molecular weight is 583 g/mol. The fourth-order valence-corrected chi connectivity index (χ4v) is 4.85. The molecule has 178 valence electrons. The Morgan fingerprint density at radius 3 is 2.12 bits per heavy atom. The summed E-state index contributed by atoms with van der Waals surface area (Å²) in [5.41, 5.74) is 3.43. The summed E-state index contributed by atoms with van der Waals surface area (Å²) in [5, 5.41) is 14.9. The molecule has 2 aliphatic heterocycles. The maximum Gasteiger partial charge on any atom is 0.250 e. The summed E-state index contributed by atoms with van der Waals surface area (Å²) in [6, 6.07) is 1.72. The Morgan fingerprint density at radius 2 is 1.58 bits per heavy atom. The summed E-state index contributed by atoms with van der Waals surface area (Å²) in [5.74, 6) is 2.16. The van der Waals surface area contributed by atoms with E-state index in [4.69, 9.17) is 9.72 Å². The van der Waals surface area contributed by atoms with E-state index < -0.39 is 0 Å². The van der Waals surface area contributed by atoms with E-state index in [0.717, 1.165) is 56.3 Å². The van der Waals surface area contributed by atoms with E-state index in [1.165, 1.54) is 19.1 Å². The van der Waals surface area contributed by atoms with Gasteiger partial charge in [-0.2, -0.15) is 20.1 Å². The molecule has 1 aromatic heterocycles. The number of piperidine rings is 2. The number of halogens is 2. The van der Waals surface area contributed by atoms with Crippen molar-refractivity contribution in [1.82, 2.24) is 15.0 Å². The second-order valence-electron chi connectivity index (χ2n) is 8.09. The number of aromatic hydroxyl groups is 1. The third-order valence-electron chi connectivity index (χ3n) is 5.74. The van der Waals surface area contributed by atoms with Crippen LogP contribution in [0.3, 0.4) is 0 Å². The predicted molar refractivity (Wildman–Crippen MR) is 138 cm³/mol. The van der Waals surface area contributed by atoms with Gasteiger partial charge in [-0.1, -0.05) is 0 Å². The number of ether oxygens (including phenoxy) is 1. The van der Waals surface area contributed by atoms with E-state index in [2.05, 4.69) is 62.2 Å². The Morgan fingerprint density at radius 1 is 1.00 bits per heavy atom. The SMILES string of the molecule is CCOc1cc(Br)c(Br)c(C=NNc2nc(N3CCCCC3)nc(N3CCCCC3)n2)c1O. The lowest BCUT2D eigenvalue weighted by atomic mass is 10.1. The topological polar surface area (TPSA) is 99.0 Å². The lowest BCUT2D eigenvalue weighted by Gasteiger charge is -2.30. The number of rotatable bonds is 7. The van der Waals surface area contributed by atoms with Gasteiger partial charge in [-0.15, -0.1) is 0 Å². The van der Waals surface area contributed by atoms with Gasteiger partial charge in [0, 0.05) is 35.1 Å². The maximum absolute atomic E-state index is 10.6. The van der Waals surface area contributed by atoms with Crippen molar-refractivity contribution in [2.45, 2.75) is 45.4 Å². The average Bonchev–Trinajstić information content (AvgIpc) is 2.85. The second kappa shape index (κ2) is 11.3. The Labute approximate surface area is 210 Å². The molecule has 2 aliphatic rings. The first-order valence-electron chi connectivity index (χ1n) is 11.5. The monoisotopic (exact) mass is 581 g/mol. The minimum absolute atomic E-state index is 0.0103. The van der Waals surface area contributed by atoms with Crippen LogP contribution < -0.4 is 20.0 Å². The lowest BCUT2D eigenvalue weighted by Crippen LogP contribution is -2.34. The molecule has 0 atom stereocenters. The summed E-state index contributed by atoms with van der Waals surface area (Å²) < 4.78 is 6.95. The second-order valence-corrected chi connectivity index (χ2v) is 9.74. The molecule has 0 radical (unpaired) electrons. The summed E-state index contributed by atoms with van der Waals surface area (Å²) in [7, 11) is 0. The maximum atomic E-state index is 10.6. The molecule has 33 heavy (non-hydrogen) atoms. The van der Waals surface area contributed by atoms with E-state index in [9.17, 15) is 5.11 Å². The van der Waals surface area contributed by atoms with Crippen LogP contribution in [0.5, 0.6) is 11.5 Å². The lowest BCUT2D eigenvalue weighted by molar-refractivity contribution is 0.317. The number of phenolic OH excluding ortho intramolecular Hbond substituents is 1. The van der Waals surface area contributed by atoms with Gasteiger partial charge in [-0.05, 0) is 83.4 Å². The molecule has 0 aliphatic carbocycles. The molecule has 2 saturated heterocycles. The molecular formula is C22H29Br2N7O2. The van der Waals surface area contributed by atoms with Crippen LogP contribution in [0.2, 0.25) is 0 Å².